The molecule has 1 aliphatic heterocycles. The van der Waals surface area contributed by atoms with Crippen LogP contribution in [0.1, 0.15) is 68.1 Å². The number of rotatable bonds is 8. The average Bonchev–Trinajstić information content (AvgIpc) is 2.75. The molecule has 1 fully saturated rings. The summed E-state index contributed by atoms with van der Waals surface area (Å²) in [6.45, 7) is 9.62. The Morgan fingerprint density at radius 2 is 1.86 bits per heavy atom. The molecule has 1 rings (SSSR count). The summed E-state index contributed by atoms with van der Waals surface area (Å²) in [5.74, 6) is -1.92. The molecule has 8 heteroatoms. The highest BCUT2D eigenvalue weighted by atomic mass is 16.6. The first kappa shape index (κ1) is 24.9. The molecule has 168 valence electrons. The van der Waals surface area contributed by atoms with E-state index in [2.05, 4.69) is 10.1 Å². The van der Waals surface area contributed by atoms with E-state index in [1.165, 1.54) is 12.0 Å². The van der Waals surface area contributed by atoms with Crippen LogP contribution in [-0.2, 0) is 28.7 Å². The molecule has 2 atom stereocenters. The number of nitrogens with one attached hydrogen (secondary N) is 1. The van der Waals surface area contributed by atoms with Crippen molar-refractivity contribution in [1.82, 2.24) is 10.2 Å². The molecule has 0 saturated carbocycles. The van der Waals surface area contributed by atoms with Gasteiger partial charge in [-0.3, -0.25) is 19.2 Å². The first-order chi connectivity index (χ1) is 13.4. The summed E-state index contributed by atoms with van der Waals surface area (Å²) in [6.07, 6.45) is 2.49. The van der Waals surface area contributed by atoms with E-state index in [9.17, 15) is 19.2 Å². The first-order valence-electron chi connectivity index (χ1n) is 10.3. The summed E-state index contributed by atoms with van der Waals surface area (Å²) in [5, 5.41) is 2.81. The Balaban J connectivity index is 0.00000841. The second kappa shape index (κ2) is 11.2. The summed E-state index contributed by atoms with van der Waals surface area (Å²) < 4.78 is 10.0. The minimum absolute atomic E-state index is 0. The van der Waals surface area contributed by atoms with Crippen molar-refractivity contribution in [2.45, 2.75) is 78.4 Å². The molecule has 1 aliphatic rings. The lowest BCUT2D eigenvalue weighted by atomic mass is 9.92. The van der Waals surface area contributed by atoms with Crippen LogP contribution in [0.15, 0.2) is 0 Å². The Morgan fingerprint density at radius 1 is 1.21 bits per heavy atom. The highest BCUT2D eigenvalue weighted by molar-refractivity contribution is 5.91. The van der Waals surface area contributed by atoms with Crippen molar-refractivity contribution in [3.63, 3.8) is 0 Å². The Labute approximate surface area is 175 Å². The molecule has 1 saturated heterocycles. The molecule has 2 amide bonds. The molecule has 1 N–H and O–H groups in total. The van der Waals surface area contributed by atoms with Crippen LogP contribution in [0.5, 0.6) is 0 Å². The highest BCUT2D eigenvalue weighted by Crippen LogP contribution is 2.20. The van der Waals surface area contributed by atoms with Gasteiger partial charge >= 0.3 is 11.9 Å². The van der Waals surface area contributed by atoms with Gasteiger partial charge in [-0.05, 0) is 52.4 Å². The molecule has 0 aromatic carbocycles. The van der Waals surface area contributed by atoms with Gasteiger partial charge in [-0.2, -0.15) is 0 Å². The van der Waals surface area contributed by atoms with E-state index in [-0.39, 0.29) is 32.1 Å². The number of hydrogen-bond donors (Lipinski definition) is 1. The molecule has 0 aromatic heterocycles. The van der Waals surface area contributed by atoms with Crippen molar-refractivity contribution in [1.29, 1.82) is 0 Å². The van der Waals surface area contributed by atoms with Gasteiger partial charge in [0.1, 0.15) is 18.2 Å². The number of ether oxygens (including phenoxy) is 2. The molecule has 29 heavy (non-hydrogen) atoms. The van der Waals surface area contributed by atoms with Gasteiger partial charge in [-0.25, -0.2) is 0 Å². The molecule has 0 bridgehead atoms. The van der Waals surface area contributed by atoms with Crippen molar-refractivity contribution in [3.05, 3.63) is 0 Å². The summed E-state index contributed by atoms with van der Waals surface area (Å²) in [6, 6.07) is -0.706. The van der Waals surface area contributed by atoms with E-state index in [0.29, 0.717) is 19.4 Å². The van der Waals surface area contributed by atoms with Crippen LogP contribution < -0.4 is 5.32 Å². The Bertz CT molecular complexity index is 603. The minimum atomic E-state index is -0.706. The SMILES string of the molecule is COC(=O)CN1CCCCC(NC(=O)[C@@H](CC(=O)OC(C)(C)C)CC(C)C)C1=O.[HH]. The lowest BCUT2D eigenvalue weighted by molar-refractivity contribution is -0.157. The molecule has 1 unspecified atom stereocenters. The van der Waals surface area contributed by atoms with Crippen LogP contribution >= 0.6 is 0 Å². The van der Waals surface area contributed by atoms with Gasteiger partial charge in [0.2, 0.25) is 11.8 Å². The van der Waals surface area contributed by atoms with E-state index in [1.807, 2.05) is 13.8 Å². The second-order valence-corrected chi connectivity index (χ2v) is 9.01. The maximum atomic E-state index is 12.9. The van der Waals surface area contributed by atoms with Crippen LogP contribution in [0.3, 0.4) is 0 Å². The third-order valence-electron chi connectivity index (χ3n) is 4.60. The molecule has 8 nitrogen and oxygen atoms in total. The zero-order chi connectivity index (χ0) is 22.2. The van der Waals surface area contributed by atoms with Crippen LogP contribution in [0, 0.1) is 11.8 Å². The zero-order valence-corrected chi connectivity index (χ0v) is 18.6. The number of hydrogen-bond acceptors (Lipinski definition) is 6. The van der Waals surface area contributed by atoms with Gasteiger partial charge in [-0.1, -0.05) is 13.8 Å². The molecule has 1 heterocycles. The topological polar surface area (TPSA) is 102 Å². The van der Waals surface area contributed by atoms with Gasteiger partial charge in [0.25, 0.3) is 0 Å². The standard InChI is InChI=1S/C21H36N2O6.H2/c1-14(2)11-15(12-17(24)29-21(3,4)5)19(26)22-16-9-7-8-10-23(20(16)27)13-18(25)28-6;/h14-16H,7-13H2,1-6H3,(H,22,26);1H/t15-,16?;/m1./s1. The molecule has 0 aromatic rings. The number of carbonyl (C=O) groups is 4. The van der Waals surface area contributed by atoms with Crippen LogP contribution in [0.4, 0.5) is 0 Å². The summed E-state index contributed by atoms with van der Waals surface area (Å²) in [7, 11) is 1.27. The summed E-state index contributed by atoms with van der Waals surface area (Å²) >= 11 is 0. The molecule has 0 spiro atoms. The van der Waals surface area contributed by atoms with Gasteiger partial charge in [-0.15, -0.1) is 0 Å². The number of esters is 2. The van der Waals surface area contributed by atoms with E-state index >= 15 is 0 Å². The third kappa shape index (κ3) is 9.28. The fourth-order valence-corrected chi connectivity index (χ4v) is 3.34. The van der Waals surface area contributed by atoms with Crippen LogP contribution in [0.25, 0.3) is 0 Å². The smallest absolute Gasteiger partial charge is 0.325 e. The quantitative estimate of drug-likeness (QED) is 0.612. The van der Waals surface area contributed by atoms with E-state index in [1.54, 1.807) is 20.8 Å². The summed E-state index contributed by atoms with van der Waals surface area (Å²) in [5.41, 5.74) is -0.623. The largest absolute Gasteiger partial charge is 0.468 e. The molecule has 0 aliphatic carbocycles. The Hall–Kier alpha value is -2.12. The number of amides is 2. The van der Waals surface area contributed by atoms with Crippen LogP contribution in [-0.4, -0.2) is 60.5 Å². The van der Waals surface area contributed by atoms with E-state index in [0.717, 1.165) is 12.8 Å². The van der Waals surface area contributed by atoms with E-state index < -0.39 is 29.5 Å². The van der Waals surface area contributed by atoms with Gasteiger partial charge in [0.15, 0.2) is 0 Å². The number of carbonyl (C=O) groups excluding carboxylic acids is 4. The first-order valence-corrected chi connectivity index (χ1v) is 10.3. The lowest BCUT2D eigenvalue weighted by Crippen LogP contribution is -2.50. The normalized spacial score (nSPS) is 18.8. The van der Waals surface area contributed by atoms with Crippen molar-refractivity contribution in [2.75, 3.05) is 20.2 Å². The minimum Gasteiger partial charge on any atom is -0.468 e. The third-order valence-corrected chi connectivity index (χ3v) is 4.60. The maximum Gasteiger partial charge on any atom is 0.325 e. The van der Waals surface area contributed by atoms with Crippen LogP contribution in [0.2, 0.25) is 0 Å². The van der Waals surface area contributed by atoms with Crippen molar-refractivity contribution >= 4 is 23.8 Å². The predicted molar refractivity (Wildman–Crippen MR) is 110 cm³/mol. The Morgan fingerprint density at radius 3 is 2.41 bits per heavy atom. The monoisotopic (exact) mass is 414 g/mol. The van der Waals surface area contributed by atoms with Gasteiger partial charge in [0, 0.05) is 13.9 Å². The summed E-state index contributed by atoms with van der Waals surface area (Å²) in [4.78, 5) is 51.0. The lowest BCUT2D eigenvalue weighted by Gasteiger charge is -2.26. The van der Waals surface area contributed by atoms with Gasteiger partial charge < -0.3 is 19.7 Å². The second-order valence-electron chi connectivity index (χ2n) is 9.01. The predicted octanol–water partition coefficient (Wildman–Crippen LogP) is 2.30. The van der Waals surface area contributed by atoms with Gasteiger partial charge in [0.05, 0.1) is 13.5 Å². The van der Waals surface area contributed by atoms with Crippen molar-refractivity contribution in [3.8, 4) is 0 Å². The Kier molecular flexibility index (Phi) is 9.59. The molecular weight excluding hydrogens is 376 g/mol. The number of methoxy groups -OCH3 is 1. The fraction of sp³-hybridized carbons (Fsp3) is 0.810. The zero-order valence-electron chi connectivity index (χ0n) is 18.6. The average molecular weight is 415 g/mol. The number of nitrogens with zero attached hydrogens (tertiary/aromatic N) is 1. The molecule has 0 radical (unpaired) electrons. The molecular formula is C21H38N2O6. The fourth-order valence-electron chi connectivity index (χ4n) is 3.34. The van der Waals surface area contributed by atoms with E-state index in [4.69, 9.17) is 4.74 Å². The highest BCUT2D eigenvalue weighted by Gasteiger charge is 2.33. The van der Waals surface area contributed by atoms with Crippen molar-refractivity contribution < 1.29 is 30.1 Å². The van der Waals surface area contributed by atoms with Crippen molar-refractivity contribution in [2.24, 2.45) is 11.8 Å². The number of likely N-dealkylation sites (tertiary alicyclic amines) is 1. The maximum absolute atomic E-state index is 12.9.